The van der Waals surface area contributed by atoms with Crippen LogP contribution in [0.5, 0.6) is 5.75 Å². The minimum absolute atomic E-state index is 0.110. The van der Waals surface area contributed by atoms with E-state index >= 15 is 0 Å². The van der Waals surface area contributed by atoms with Gasteiger partial charge in [0.15, 0.2) is 0 Å². The Hall–Kier alpha value is -1.75. The maximum atomic E-state index is 11.6. The van der Waals surface area contributed by atoms with Gasteiger partial charge < -0.3 is 15.2 Å². The van der Waals surface area contributed by atoms with Gasteiger partial charge in [0, 0.05) is 18.0 Å². The van der Waals surface area contributed by atoms with E-state index in [2.05, 4.69) is 5.32 Å². The molecule has 5 nitrogen and oxygen atoms in total. The fraction of sp³-hybridized carbons (Fsp3) is 0.500. The standard InChI is InChI=1S/C16H22ClNO4/c1-11-9-12(6-7-13(11)17)22-8-4-5-14(19)18-10-16(2,3)15(20)21/h6-7,9H,4-5,8,10H2,1-3H3,(H,18,19)(H,20,21). The van der Waals surface area contributed by atoms with Crippen LogP contribution >= 0.6 is 11.6 Å². The van der Waals surface area contributed by atoms with Gasteiger partial charge in [0.05, 0.1) is 12.0 Å². The van der Waals surface area contributed by atoms with Crippen LogP contribution in [0.2, 0.25) is 5.02 Å². The molecule has 0 aliphatic heterocycles. The van der Waals surface area contributed by atoms with Gasteiger partial charge in [-0.05, 0) is 51.0 Å². The molecule has 0 aliphatic carbocycles. The van der Waals surface area contributed by atoms with Crippen molar-refractivity contribution in [2.45, 2.75) is 33.6 Å². The zero-order valence-electron chi connectivity index (χ0n) is 13.1. The van der Waals surface area contributed by atoms with Crippen LogP contribution in [0.25, 0.3) is 0 Å². The maximum Gasteiger partial charge on any atom is 0.310 e. The summed E-state index contributed by atoms with van der Waals surface area (Å²) in [6.45, 7) is 5.56. The lowest BCUT2D eigenvalue weighted by atomic mass is 9.94. The summed E-state index contributed by atoms with van der Waals surface area (Å²) >= 11 is 5.93. The van der Waals surface area contributed by atoms with Gasteiger partial charge in [-0.2, -0.15) is 0 Å². The number of carboxylic acid groups (broad SMARTS) is 1. The predicted octanol–water partition coefficient (Wildman–Crippen LogP) is 3.03. The molecular weight excluding hydrogens is 306 g/mol. The first-order chi connectivity index (χ1) is 10.2. The van der Waals surface area contributed by atoms with Crippen molar-refractivity contribution in [1.29, 1.82) is 0 Å². The minimum atomic E-state index is -0.965. The average molecular weight is 328 g/mol. The van der Waals surface area contributed by atoms with Gasteiger partial charge in [0.2, 0.25) is 5.91 Å². The van der Waals surface area contributed by atoms with Gasteiger partial charge in [0.25, 0.3) is 0 Å². The van der Waals surface area contributed by atoms with E-state index in [0.29, 0.717) is 30.2 Å². The lowest BCUT2D eigenvalue weighted by Gasteiger charge is -2.19. The second-order valence-electron chi connectivity index (χ2n) is 5.83. The first kappa shape index (κ1) is 18.3. The van der Waals surface area contributed by atoms with Gasteiger partial charge in [-0.15, -0.1) is 0 Å². The molecule has 122 valence electrons. The van der Waals surface area contributed by atoms with Crippen molar-refractivity contribution in [1.82, 2.24) is 5.32 Å². The molecule has 0 unspecified atom stereocenters. The Morgan fingerprint density at radius 1 is 1.36 bits per heavy atom. The molecule has 1 aromatic carbocycles. The normalized spacial score (nSPS) is 11.1. The number of rotatable bonds is 8. The maximum absolute atomic E-state index is 11.6. The summed E-state index contributed by atoms with van der Waals surface area (Å²) < 4.78 is 5.54. The van der Waals surface area contributed by atoms with E-state index in [1.165, 1.54) is 0 Å². The van der Waals surface area contributed by atoms with E-state index in [1.54, 1.807) is 26.0 Å². The third-order valence-electron chi connectivity index (χ3n) is 3.25. The molecule has 0 saturated heterocycles. The summed E-state index contributed by atoms with van der Waals surface area (Å²) in [6.07, 6.45) is 0.850. The molecule has 1 rings (SSSR count). The first-order valence-electron chi connectivity index (χ1n) is 7.11. The molecule has 0 aliphatic rings. The summed E-state index contributed by atoms with van der Waals surface area (Å²) in [5, 5.41) is 12.3. The van der Waals surface area contributed by atoms with Gasteiger partial charge >= 0.3 is 5.97 Å². The van der Waals surface area contributed by atoms with Gasteiger partial charge in [-0.25, -0.2) is 0 Å². The largest absolute Gasteiger partial charge is 0.494 e. The Kier molecular flexibility index (Phi) is 6.68. The molecule has 6 heteroatoms. The number of ether oxygens (including phenoxy) is 1. The summed E-state index contributed by atoms with van der Waals surface area (Å²) in [6, 6.07) is 5.40. The predicted molar refractivity (Wildman–Crippen MR) is 85.3 cm³/mol. The van der Waals surface area contributed by atoms with Crippen LogP contribution < -0.4 is 10.1 Å². The highest BCUT2D eigenvalue weighted by atomic mass is 35.5. The second-order valence-corrected chi connectivity index (χ2v) is 6.24. The Balaban J connectivity index is 2.25. The highest BCUT2D eigenvalue weighted by Gasteiger charge is 2.27. The SMILES string of the molecule is Cc1cc(OCCCC(=O)NCC(C)(C)C(=O)O)ccc1Cl. The zero-order chi connectivity index (χ0) is 16.8. The van der Waals surface area contributed by atoms with E-state index in [-0.39, 0.29) is 12.5 Å². The topological polar surface area (TPSA) is 75.6 Å². The molecule has 0 atom stereocenters. The molecule has 0 radical (unpaired) electrons. The van der Waals surface area contributed by atoms with Crippen LogP contribution in [0.1, 0.15) is 32.3 Å². The monoisotopic (exact) mass is 327 g/mol. The van der Waals surface area contributed by atoms with Crippen LogP contribution in [0, 0.1) is 12.3 Å². The molecule has 1 aromatic rings. The summed E-state index contributed by atoms with van der Waals surface area (Å²) in [7, 11) is 0. The molecule has 22 heavy (non-hydrogen) atoms. The number of aryl methyl sites for hydroxylation is 1. The number of aliphatic carboxylic acids is 1. The number of halogens is 1. The van der Waals surface area contributed by atoms with E-state index < -0.39 is 11.4 Å². The van der Waals surface area contributed by atoms with Gasteiger partial charge in [-0.1, -0.05) is 11.6 Å². The fourth-order valence-electron chi connectivity index (χ4n) is 1.61. The number of carboxylic acids is 1. The quantitative estimate of drug-likeness (QED) is 0.720. The summed E-state index contributed by atoms with van der Waals surface area (Å²) in [5.41, 5.74) is -0.0275. The van der Waals surface area contributed by atoms with Crippen molar-refractivity contribution in [3.8, 4) is 5.75 Å². The Bertz CT molecular complexity index is 543. The van der Waals surface area contributed by atoms with Crippen molar-refractivity contribution in [2.75, 3.05) is 13.2 Å². The molecule has 2 N–H and O–H groups in total. The number of hydrogen-bond acceptors (Lipinski definition) is 3. The Labute approximate surface area is 135 Å². The highest BCUT2D eigenvalue weighted by Crippen LogP contribution is 2.21. The first-order valence-corrected chi connectivity index (χ1v) is 7.49. The van der Waals surface area contributed by atoms with Crippen molar-refractivity contribution in [3.05, 3.63) is 28.8 Å². The summed E-state index contributed by atoms with van der Waals surface area (Å²) in [4.78, 5) is 22.6. The number of carbonyl (C=O) groups excluding carboxylic acids is 1. The smallest absolute Gasteiger partial charge is 0.310 e. The average Bonchev–Trinajstić information content (AvgIpc) is 2.45. The van der Waals surface area contributed by atoms with E-state index in [0.717, 1.165) is 5.56 Å². The lowest BCUT2D eigenvalue weighted by Crippen LogP contribution is -2.38. The molecular formula is C16H22ClNO4. The minimum Gasteiger partial charge on any atom is -0.494 e. The number of amides is 1. The second kappa shape index (κ2) is 8.03. The molecule has 1 amide bonds. The van der Waals surface area contributed by atoms with Crippen LogP contribution in [0.4, 0.5) is 0 Å². The zero-order valence-corrected chi connectivity index (χ0v) is 13.9. The van der Waals surface area contributed by atoms with Crippen molar-refractivity contribution in [2.24, 2.45) is 5.41 Å². The number of benzene rings is 1. The Morgan fingerprint density at radius 3 is 2.64 bits per heavy atom. The third-order valence-corrected chi connectivity index (χ3v) is 3.68. The summed E-state index contributed by atoms with van der Waals surface area (Å²) in [5.74, 6) is -0.395. The Morgan fingerprint density at radius 2 is 2.05 bits per heavy atom. The van der Waals surface area contributed by atoms with Crippen molar-refractivity contribution in [3.63, 3.8) is 0 Å². The lowest BCUT2D eigenvalue weighted by molar-refractivity contribution is -0.146. The van der Waals surface area contributed by atoms with E-state index in [4.69, 9.17) is 21.4 Å². The molecule has 0 heterocycles. The number of nitrogens with one attached hydrogen (secondary N) is 1. The van der Waals surface area contributed by atoms with Crippen LogP contribution in [-0.4, -0.2) is 30.1 Å². The van der Waals surface area contributed by atoms with Crippen molar-refractivity contribution < 1.29 is 19.4 Å². The van der Waals surface area contributed by atoms with Crippen LogP contribution in [0.15, 0.2) is 18.2 Å². The van der Waals surface area contributed by atoms with E-state index in [9.17, 15) is 9.59 Å². The highest BCUT2D eigenvalue weighted by molar-refractivity contribution is 6.31. The number of carbonyl (C=O) groups is 2. The number of hydrogen-bond donors (Lipinski definition) is 2. The third kappa shape index (κ3) is 5.93. The van der Waals surface area contributed by atoms with Crippen molar-refractivity contribution >= 4 is 23.5 Å². The van der Waals surface area contributed by atoms with Gasteiger partial charge in [-0.3, -0.25) is 9.59 Å². The molecule has 0 fully saturated rings. The molecule has 0 aromatic heterocycles. The molecule has 0 bridgehead atoms. The van der Waals surface area contributed by atoms with Crippen LogP contribution in [-0.2, 0) is 9.59 Å². The van der Waals surface area contributed by atoms with E-state index in [1.807, 2.05) is 13.0 Å². The van der Waals surface area contributed by atoms with Crippen LogP contribution in [0.3, 0.4) is 0 Å². The fourth-order valence-corrected chi connectivity index (χ4v) is 1.73. The molecule has 0 spiro atoms. The molecule has 0 saturated carbocycles. The van der Waals surface area contributed by atoms with Gasteiger partial charge in [0.1, 0.15) is 5.75 Å².